The summed E-state index contributed by atoms with van der Waals surface area (Å²) < 4.78 is 83.6. The predicted molar refractivity (Wildman–Crippen MR) is 113 cm³/mol. The summed E-state index contributed by atoms with van der Waals surface area (Å²) in [5.74, 6) is -7.07. The molecule has 0 radical (unpaired) electrons. The molecule has 0 aromatic heterocycles. The zero-order chi connectivity index (χ0) is 25.0. The van der Waals surface area contributed by atoms with Gasteiger partial charge in [0.2, 0.25) is 0 Å². The minimum Gasteiger partial charge on any atom is -0.324 e. The second-order valence-electron chi connectivity index (χ2n) is 7.73. The predicted octanol–water partition coefficient (Wildman–Crippen LogP) is 3.25. The van der Waals surface area contributed by atoms with Crippen LogP contribution >= 0.6 is 0 Å². The Balaban J connectivity index is 1.74. The molecule has 1 fully saturated rings. The molecule has 1 heterocycles. The molecule has 3 rings (SSSR count). The summed E-state index contributed by atoms with van der Waals surface area (Å²) in [5.41, 5.74) is -0.884. The van der Waals surface area contributed by atoms with Gasteiger partial charge in [-0.05, 0) is 50.0 Å². The molecule has 0 unspecified atom stereocenters. The van der Waals surface area contributed by atoms with Gasteiger partial charge in [0.1, 0.15) is 10.7 Å². The third kappa shape index (κ3) is 6.03. The van der Waals surface area contributed by atoms with Crippen LogP contribution in [0.25, 0.3) is 0 Å². The van der Waals surface area contributed by atoms with Gasteiger partial charge in [0, 0.05) is 37.0 Å². The number of rotatable bonds is 6. The maximum atomic E-state index is 14.3. The Morgan fingerprint density at radius 3 is 2.29 bits per heavy atom. The minimum absolute atomic E-state index is 0.145. The smallest absolute Gasteiger partial charge is 0.324 e. The number of halogens is 4. The summed E-state index contributed by atoms with van der Waals surface area (Å²) >= 11 is 0. The van der Waals surface area contributed by atoms with Crippen molar-refractivity contribution in [2.45, 2.75) is 17.7 Å². The van der Waals surface area contributed by atoms with E-state index in [1.54, 1.807) is 0 Å². The highest BCUT2D eigenvalue weighted by Crippen LogP contribution is 2.22. The monoisotopic (exact) mass is 503 g/mol. The van der Waals surface area contributed by atoms with Crippen molar-refractivity contribution < 1.29 is 39.8 Å². The molecule has 0 bridgehead atoms. The van der Waals surface area contributed by atoms with Crippen LogP contribution in [0.15, 0.2) is 35.2 Å². The number of anilines is 1. The fourth-order valence-corrected chi connectivity index (χ4v) is 4.38. The maximum absolute atomic E-state index is 14.3. The van der Waals surface area contributed by atoms with E-state index in [4.69, 9.17) is 0 Å². The first-order chi connectivity index (χ1) is 16.0. The molecule has 1 saturated heterocycles. The van der Waals surface area contributed by atoms with E-state index >= 15 is 0 Å². The van der Waals surface area contributed by atoms with Gasteiger partial charge in [0.15, 0.2) is 17.5 Å². The van der Waals surface area contributed by atoms with Crippen molar-refractivity contribution >= 4 is 27.8 Å². The molecule has 2 aromatic rings. The molecule has 0 saturated carbocycles. The van der Waals surface area contributed by atoms with Crippen molar-refractivity contribution in [3.8, 4) is 0 Å². The number of carbonyl (C=O) groups is 2. The number of nitrogens with one attached hydrogen (secondary N) is 2. The lowest BCUT2D eigenvalue weighted by Gasteiger charge is -2.26. The second-order valence-corrected chi connectivity index (χ2v) is 9.25. The standard InChI is InChI=1S/C21H21F4N3O5S/c1-28(11-12-4-6-26-7-5-12)21(30)33-34(31,32)18-8-13(2-3-15(18)22)20(29)27-14-9-16(23)19(25)17(24)10-14/h2-3,8-10,12,26H,4-7,11H2,1H3,(H,27,29). The number of piperidine rings is 1. The van der Waals surface area contributed by atoms with Gasteiger partial charge in [0.25, 0.3) is 5.91 Å². The summed E-state index contributed by atoms with van der Waals surface area (Å²) in [6, 6.07) is 3.19. The zero-order valence-electron chi connectivity index (χ0n) is 17.9. The van der Waals surface area contributed by atoms with Crippen molar-refractivity contribution in [2.75, 3.05) is 32.0 Å². The van der Waals surface area contributed by atoms with Crippen molar-refractivity contribution in [3.05, 3.63) is 59.2 Å². The Hall–Kier alpha value is -3.19. The second kappa shape index (κ2) is 10.4. The number of nitrogens with zero attached hydrogens (tertiary/aromatic N) is 1. The lowest BCUT2D eigenvalue weighted by atomic mass is 9.98. The normalized spacial score (nSPS) is 14.5. The lowest BCUT2D eigenvalue weighted by molar-refractivity contribution is 0.102. The Kier molecular flexibility index (Phi) is 7.77. The maximum Gasteiger partial charge on any atom is 0.425 e. The molecule has 2 aromatic carbocycles. The zero-order valence-corrected chi connectivity index (χ0v) is 18.7. The van der Waals surface area contributed by atoms with E-state index in [1.807, 2.05) is 5.32 Å². The third-order valence-corrected chi connectivity index (χ3v) is 6.40. The summed E-state index contributed by atoms with van der Waals surface area (Å²) in [6.07, 6.45) is 0.362. The highest BCUT2D eigenvalue weighted by molar-refractivity contribution is 7.87. The van der Waals surface area contributed by atoms with E-state index in [1.165, 1.54) is 7.05 Å². The Bertz CT molecular complexity index is 1180. The van der Waals surface area contributed by atoms with Crippen molar-refractivity contribution in [1.29, 1.82) is 0 Å². The van der Waals surface area contributed by atoms with Crippen LogP contribution in [0.2, 0.25) is 0 Å². The van der Waals surface area contributed by atoms with E-state index in [9.17, 15) is 35.6 Å². The largest absolute Gasteiger partial charge is 0.425 e. The Labute approximate surface area is 193 Å². The average molecular weight is 503 g/mol. The van der Waals surface area contributed by atoms with Gasteiger partial charge in [-0.2, -0.15) is 8.42 Å². The average Bonchev–Trinajstić information content (AvgIpc) is 2.77. The molecule has 0 aliphatic carbocycles. The van der Waals surface area contributed by atoms with Crippen molar-refractivity contribution in [1.82, 2.24) is 10.2 Å². The molecule has 0 spiro atoms. The first-order valence-corrected chi connectivity index (χ1v) is 11.5. The summed E-state index contributed by atoms with van der Waals surface area (Å²) in [4.78, 5) is 24.6. The summed E-state index contributed by atoms with van der Waals surface area (Å²) in [7, 11) is -3.60. The van der Waals surface area contributed by atoms with Gasteiger partial charge in [-0.3, -0.25) is 4.79 Å². The molecule has 1 aliphatic heterocycles. The Morgan fingerprint density at radius 2 is 1.68 bits per heavy atom. The van der Waals surface area contributed by atoms with Gasteiger partial charge < -0.3 is 19.7 Å². The van der Waals surface area contributed by atoms with E-state index < -0.39 is 61.5 Å². The van der Waals surface area contributed by atoms with E-state index in [0.717, 1.165) is 36.9 Å². The molecule has 184 valence electrons. The van der Waals surface area contributed by atoms with Gasteiger partial charge in [0.05, 0.1) is 0 Å². The van der Waals surface area contributed by atoms with Crippen LogP contribution in [-0.4, -0.2) is 52.0 Å². The highest BCUT2D eigenvalue weighted by Gasteiger charge is 2.28. The van der Waals surface area contributed by atoms with Gasteiger partial charge in [-0.15, -0.1) is 0 Å². The molecular formula is C21H21F4N3O5S. The SMILES string of the molecule is CN(CC1CCNCC1)C(=O)OS(=O)(=O)c1cc(C(=O)Nc2cc(F)c(F)c(F)c2)ccc1F. The van der Waals surface area contributed by atoms with E-state index in [-0.39, 0.29) is 12.5 Å². The fourth-order valence-electron chi connectivity index (χ4n) is 3.40. The minimum atomic E-state index is -4.95. The molecule has 1 aliphatic rings. The van der Waals surface area contributed by atoms with Crippen molar-refractivity contribution in [2.24, 2.45) is 5.92 Å². The topological polar surface area (TPSA) is 105 Å². The van der Waals surface area contributed by atoms with Crippen LogP contribution in [0.5, 0.6) is 0 Å². The fraction of sp³-hybridized carbons (Fsp3) is 0.333. The molecule has 34 heavy (non-hydrogen) atoms. The summed E-state index contributed by atoms with van der Waals surface area (Å²) in [6.45, 7) is 1.78. The van der Waals surface area contributed by atoms with Crippen LogP contribution in [0.1, 0.15) is 23.2 Å². The van der Waals surface area contributed by atoms with Gasteiger partial charge in [-0.25, -0.2) is 22.4 Å². The number of benzene rings is 2. The van der Waals surface area contributed by atoms with Crippen molar-refractivity contribution in [3.63, 3.8) is 0 Å². The van der Waals surface area contributed by atoms with Crippen LogP contribution in [0.3, 0.4) is 0 Å². The molecule has 13 heteroatoms. The van der Waals surface area contributed by atoms with Crippen LogP contribution < -0.4 is 10.6 Å². The van der Waals surface area contributed by atoms with Gasteiger partial charge >= 0.3 is 16.2 Å². The third-order valence-electron chi connectivity index (χ3n) is 5.19. The van der Waals surface area contributed by atoms with E-state index in [0.29, 0.717) is 24.3 Å². The molecule has 2 amide bonds. The van der Waals surface area contributed by atoms with E-state index in [2.05, 4.69) is 9.50 Å². The van der Waals surface area contributed by atoms with Crippen LogP contribution in [-0.2, 0) is 14.3 Å². The molecule has 8 nitrogen and oxygen atoms in total. The molecule has 0 atom stereocenters. The first kappa shape index (κ1) is 25.4. The van der Waals surface area contributed by atoms with Crippen LogP contribution in [0.4, 0.5) is 28.0 Å². The number of hydrogen-bond donors (Lipinski definition) is 2. The first-order valence-electron chi connectivity index (χ1n) is 10.1. The number of carbonyl (C=O) groups excluding carboxylic acids is 2. The highest BCUT2D eigenvalue weighted by atomic mass is 32.2. The molecule has 2 N–H and O–H groups in total. The quantitative estimate of drug-likeness (QED) is 0.356. The number of hydrogen-bond acceptors (Lipinski definition) is 6. The van der Waals surface area contributed by atoms with Crippen LogP contribution in [0, 0.1) is 29.2 Å². The number of amides is 2. The molecular weight excluding hydrogens is 482 g/mol. The summed E-state index contributed by atoms with van der Waals surface area (Å²) in [5, 5.41) is 5.21. The lowest BCUT2D eigenvalue weighted by Crippen LogP contribution is -2.38. The Morgan fingerprint density at radius 1 is 1.06 bits per heavy atom. The van der Waals surface area contributed by atoms with Gasteiger partial charge in [-0.1, -0.05) is 0 Å².